The highest BCUT2D eigenvalue weighted by atomic mass is 35.6. The van der Waals surface area contributed by atoms with Crippen LogP contribution in [0.4, 0.5) is 0 Å². The summed E-state index contributed by atoms with van der Waals surface area (Å²) in [7, 11) is 0. The molecule has 1 N–H and O–H groups in total. The molecule has 1 aromatic rings. The first kappa shape index (κ1) is 23.4. The molecular weight excluding hydrogens is 425 g/mol. The van der Waals surface area contributed by atoms with Crippen LogP contribution in [0.15, 0.2) is 16.9 Å². The zero-order valence-corrected chi connectivity index (χ0v) is 18.5. The van der Waals surface area contributed by atoms with Crippen molar-refractivity contribution in [3.63, 3.8) is 0 Å². The van der Waals surface area contributed by atoms with Crippen LogP contribution in [0.1, 0.15) is 65.0 Å². The lowest BCUT2D eigenvalue weighted by Crippen LogP contribution is -2.55. The van der Waals surface area contributed by atoms with Gasteiger partial charge < -0.3 is 0 Å². The van der Waals surface area contributed by atoms with Crippen LogP contribution in [0.3, 0.4) is 0 Å². The third kappa shape index (κ3) is 5.19. The molecule has 0 bridgehead atoms. The Morgan fingerprint density at radius 3 is 2.08 bits per heavy atom. The summed E-state index contributed by atoms with van der Waals surface area (Å²) in [6.45, 7) is 6.09. The summed E-state index contributed by atoms with van der Waals surface area (Å²) in [6.07, 6.45) is 5.92. The first-order valence-corrected chi connectivity index (χ1v) is 10.4. The maximum Gasteiger partial charge on any atom is 0.264 e. The number of rotatable bonds is 9. The number of aromatic amines is 1. The van der Waals surface area contributed by atoms with Gasteiger partial charge in [-0.2, -0.15) is 5.10 Å². The fourth-order valence-electron chi connectivity index (χ4n) is 3.25. The van der Waals surface area contributed by atoms with E-state index in [1.165, 1.54) is 12.5 Å². The van der Waals surface area contributed by atoms with Crippen molar-refractivity contribution < 1.29 is 0 Å². The average Bonchev–Trinajstić information content (AvgIpc) is 2.50. The van der Waals surface area contributed by atoms with E-state index in [0.29, 0.717) is 12.1 Å². The van der Waals surface area contributed by atoms with Crippen molar-refractivity contribution in [2.45, 2.75) is 72.8 Å². The van der Waals surface area contributed by atoms with Gasteiger partial charge in [0, 0.05) is 6.07 Å². The van der Waals surface area contributed by atoms with Crippen molar-refractivity contribution >= 4 is 58.0 Å². The topological polar surface area (TPSA) is 45.8 Å². The average molecular weight is 451 g/mol. The molecule has 0 aliphatic rings. The normalized spacial score (nSPS) is 15.4. The summed E-state index contributed by atoms with van der Waals surface area (Å²) in [5, 5.41) is 6.63. The molecule has 0 amide bonds. The van der Waals surface area contributed by atoms with Crippen LogP contribution in [0.5, 0.6) is 0 Å². The summed E-state index contributed by atoms with van der Waals surface area (Å²) in [5.41, 5.74) is -0.723. The van der Waals surface area contributed by atoms with E-state index >= 15 is 0 Å². The minimum atomic E-state index is -1.93. The molecule has 3 nitrogen and oxygen atoms in total. The van der Waals surface area contributed by atoms with Crippen molar-refractivity contribution in [3.8, 4) is 0 Å². The summed E-state index contributed by atoms with van der Waals surface area (Å²) < 4.78 is -3.66. The van der Waals surface area contributed by atoms with Crippen molar-refractivity contribution in [2.75, 3.05) is 0 Å². The Morgan fingerprint density at radius 2 is 1.64 bits per heavy atom. The number of halogens is 5. The van der Waals surface area contributed by atoms with Crippen LogP contribution in [0.25, 0.3) is 0 Å². The Bertz CT molecular complexity index is 577. The van der Waals surface area contributed by atoms with Gasteiger partial charge >= 0.3 is 0 Å². The van der Waals surface area contributed by atoms with E-state index in [9.17, 15) is 4.79 Å². The minimum absolute atomic E-state index is 0.0808. The molecule has 25 heavy (non-hydrogen) atoms. The minimum Gasteiger partial charge on any atom is -0.268 e. The van der Waals surface area contributed by atoms with Gasteiger partial charge in [0.05, 0.1) is 11.1 Å². The van der Waals surface area contributed by atoms with Crippen LogP contribution >= 0.6 is 58.0 Å². The number of alkyl halides is 5. The Morgan fingerprint density at radius 1 is 1.04 bits per heavy atom. The fraction of sp³-hybridized carbons (Fsp3) is 0.765. The van der Waals surface area contributed by atoms with E-state index in [2.05, 4.69) is 17.1 Å². The second-order valence-corrected chi connectivity index (χ2v) is 10.3. The van der Waals surface area contributed by atoms with E-state index in [0.717, 1.165) is 25.7 Å². The first-order valence-electron chi connectivity index (χ1n) is 8.51. The molecule has 8 heteroatoms. The molecule has 1 aromatic heterocycles. The molecule has 0 fully saturated rings. The van der Waals surface area contributed by atoms with E-state index < -0.39 is 13.5 Å². The molecule has 0 aromatic carbocycles. The van der Waals surface area contributed by atoms with Crippen molar-refractivity contribution in [1.82, 2.24) is 10.2 Å². The molecule has 0 radical (unpaired) electrons. The lowest BCUT2D eigenvalue weighted by atomic mass is 9.68. The number of unbranched alkanes of at least 4 members (excludes halogenated alkanes) is 4. The largest absolute Gasteiger partial charge is 0.268 e. The summed E-state index contributed by atoms with van der Waals surface area (Å²) in [4.78, 5) is 11.4. The molecule has 1 rings (SSSR count). The van der Waals surface area contributed by atoms with Gasteiger partial charge in [-0.3, -0.25) is 4.79 Å². The van der Waals surface area contributed by atoms with Crippen LogP contribution in [0, 0.1) is 5.92 Å². The highest BCUT2D eigenvalue weighted by Crippen LogP contribution is 2.60. The Kier molecular flexibility index (Phi) is 8.88. The number of H-pyrrole nitrogens is 1. The second kappa shape index (κ2) is 9.50. The quantitative estimate of drug-likeness (QED) is 0.342. The highest BCUT2D eigenvalue weighted by molar-refractivity contribution is 6.75. The number of nitrogens with zero attached hydrogens (tertiary/aromatic N) is 1. The van der Waals surface area contributed by atoms with Gasteiger partial charge in [0.1, 0.15) is 0 Å². The molecule has 0 aliphatic carbocycles. The van der Waals surface area contributed by atoms with Gasteiger partial charge in [-0.1, -0.05) is 111 Å². The van der Waals surface area contributed by atoms with Crippen molar-refractivity contribution in [3.05, 3.63) is 28.2 Å². The summed E-state index contributed by atoms with van der Waals surface area (Å²) >= 11 is 31.9. The monoisotopic (exact) mass is 448 g/mol. The van der Waals surface area contributed by atoms with Gasteiger partial charge in [0.25, 0.3) is 5.56 Å². The summed E-state index contributed by atoms with van der Waals surface area (Å²) in [6, 6.07) is 3.00. The predicted molar refractivity (Wildman–Crippen MR) is 109 cm³/mol. The van der Waals surface area contributed by atoms with Gasteiger partial charge in [0.15, 0.2) is 4.33 Å². The van der Waals surface area contributed by atoms with Gasteiger partial charge in [0.2, 0.25) is 3.79 Å². The molecule has 1 unspecified atom stereocenters. The third-order valence-corrected chi connectivity index (χ3v) is 7.38. The standard InChI is InChI=1S/C17H25Cl5N2O/c1-4-5-6-7-8-11-15(12(2)3,16(18,19)17(20,21)22)13-9-10-14(25)24-23-13/h9-10,12H,4-8,11H2,1-3H3,(H,24,25). The Hall–Kier alpha value is 0.330. The van der Waals surface area contributed by atoms with E-state index in [4.69, 9.17) is 58.0 Å². The second-order valence-electron chi connectivity index (χ2n) is 6.67. The van der Waals surface area contributed by atoms with Crippen LogP contribution in [-0.2, 0) is 5.41 Å². The molecule has 0 aliphatic heterocycles. The Labute approximate surface area is 174 Å². The van der Waals surface area contributed by atoms with Gasteiger partial charge in [-0.15, -0.1) is 0 Å². The van der Waals surface area contributed by atoms with Crippen molar-refractivity contribution in [1.29, 1.82) is 0 Å². The lowest BCUT2D eigenvalue weighted by Gasteiger charge is -2.48. The molecule has 1 heterocycles. The maximum absolute atomic E-state index is 11.4. The van der Waals surface area contributed by atoms with Crippen molar-refractivity contribution in [2.24, 2.45) is 5.92 Å². The van der Waals surface area contributed by atoms with E-state index in [1.807, 2.05) is 13.8 Å². The van der Waals surface area contributed by atoms with Gasteiger partial charge in [-0.05, 0) is 18.4 Å². The van der Waals surface area contributed by atoms with Gasteiger partial charge in [-0.25, -0.2) is 5.10 Å². The number of nitrogens with one attached hydrogen (secondary N) is 1. The molecule has 1 atom stereocenters. The van der Waals surface area contributed by atoms with Crippen LogP contribution < -0.4 is 5.56 Å². The highest BCUT2D eigenvalue weighted by Gasteiger charge is 2.63. The number of hydrogen-bond acceptors (Lipinski definition) is 2. The van der Waals surface area contributed by atoms with E-state index in [-0.39, 0.29) is 11.5 Å². The fourth-order valence-corrected chi connectivity index (χ4v) is 4.57. The predicted octanol–water partition coefficient (Wildman–Crippen LogP) is 6.57. The lowest BCUT2D eigenvalue weighted by molar-refractivity contribution is 0.232. The van der Waals surface area contributed by atoms with Crippen LogP contribution in [0.2, 0.25) is 0 Å². The smallest absolute Gasteiger partial charge is 0.264 e. The molecule has 0 saturated carbocycles. The summed E-state index contributed by atoms with van der Waals surface area (Å²) in [5.74, 6) is -0.0808. The number of aromatic nitrogens is 2. The maximum atomic E-state index is 11.4. The van der Waals surface area contributed by atoms with E-state index in [1.54, 1.807) is 6.07 Å². The molecule has 144 valence electrons. The zero-order valence-electron chi connectivity index (χ0n) is 14.7. The zero-order chi connectivity index (χ0) is 19.3. The SMILES string of the molecule is CCCCCCCC(c1ccc(=O)[nH]n1)(C(C)C)C(Cl)(Cl)C(Cl)(Cl)Cl. The first-order chi connectivity index (χ1) is 11.5. The molecule has 0 spiro atoms. The van der Waals surface area contributed by atoms with Crippen LogP contribution in [-0.4, -0.2) is 18.3 Å². The molecular formula is C17H25Cl5N2O. The molecule has 0 saturated heterocycles. The number of hydrogen-bond donors (Lipinski definition) is 1. The third-order valence-electron chi connectivity index (χ3n) is 4.71. The Balaban J connectivity index is 3.35.